The largest absolute Gasteiger partial charge is 0.323 e. The summed E-state index contributed by atoms with van der Waals surface area (Å²) in [5, 5.41) is 8.97. The Hall–Kier alpha value is -2.19. The van der Waals surface area contributed by atoms with Crippen LogP contribution in [0.15, 0.2) is 30.7 Å². The summed E-state index contributed by atoms with van der Waals surface area (Å²) in [6, 6.07) is 6.08. The van der Waals surface area contributed by atoms with E-state index in [1.807, 2.05) is 6.07 Å². The number of halogens is 1. The highest BCUT2D eigenvalue weighted by molar-refractivity contribution is 5.50. The first-order valence-electron chi connectivity index (χ1n) is 5.12. The summed E-state index contributed by atoms with van der Waals surface area (Å²) in [7, 11) is 0. The second kappa shape index (κ2) is 4.36. The number of nitrogens with two attached hydrogens (primary N) is 1. The van der Waals surface area contributed by atoms with Crippen LogP contribution in [0.5, 0.6) is 0 Å². The highest BCUT2D eigenvalue weighted by Crippen LogP contribution is 2.21. The van der Waals surface area contributed by atoms with Crippen LogP contribution in [0.1, 0.15) is 24.2 Å². The molecule has 17 heavy (non-hydrogen) atoms. The molecule has 1 atom stereocenters. The van der Waals surface area contributed by atoms with E-state index in [9.17, 15) is 4.39 Å². The fourth-order valence-electron chi connectivity index (χ4n) is 1.67. The molecule has 2 rings (SSSR count). The van der Waals surface area contributed by atoms with Crippen molar-refractivity contribution in [3.63, 3.8) is 0 Å². The van der Waals surface area contributed by atoms with Crippen LogP contribution in [-0.2, 0) is 0 Å². The van der Waals surface area contributed by atoms with E-state index in [4.69, 9.17) is 11.0 Å². The number of nitriles is 1. The molecule has 2 aromatic rings. The van der Waals surface area contributed by atoms with Gasteiger partial charge in [0.15, 0.2) is 0 Å². The maximum absolute atomic E-state index is 13.5. The third-order valence-electron chi connectivity index (χ3n) is 2.50. The van der Waals surface area contributed by atoms with Gasteiger partial charge in [0.05, 0.1) is 23.9 Å². The SMILES string of the molecule is C[C@@H](N)c1cncn1-c1cccc(F)c1C#N. The highest BCUT2D eigenvalue weighted by Gasteiger charge is 2.14. The van der Waals surface area contributed by atoms with Crippen LogP contribution in [0.4, 0.5) is 4.39 Å². The molecule has 1 heterocycles. The zero-order chi connectivity index (χ0) is 12.4. The van der Waals surface area contributed by atoms with Gasteiger partial charge in [-0.15, -0.1) is 0 Å². The predicted octanol–water partition coefficient (Wildman–Crippen LogP) is 1.90. The van der Waals surface area contributed by atoms with E-state index in [-0.39, 0.29) is 11.6 Å². The Morgan fingerprint density at radius 1 is 1.53 bits per heavy atom. The van der Waals surface area contributed by atoms with E-state index in [1.165, 1.54) is 12.4 Å². The smallest absolute Gasteiger partial charge is 0.143 e. The Balaban J connectivity index is 2.66. The zero-order valence-corrected chi connectivity index (χ0v) is 9.26. The molecule has 0 aliphatic heterocycles. The summed E-state index contributed by atoms with van der Waals surface area (Å²) in [6.07, 6.45) is 3.13. The molecule has 0 saturated carbocycles. The first kappa shape index (κ1) is 11.3. The number of imidazole rings is 1. The minimum atomic E-state index is -0.547. The van der Waals surface area contributed by atoms with E-state index >= 15 is 0 Å². The summed E-state index contributed by atoms with van der Waals surface area (Å²) in [5.41, 5.74) is 6.97. The van der Waals surface area contributed by atoms with Gasteiger partial charge in [0.1, 0.15) is 17.4 Å². The predicted molar refractivity (Wildman–Crippen MR) is 60.8 cm³/mol. The molecule has 0 spiro atoms. The quantitative estimate of drug-likeness (QED) is 0.856. The molecule has 1 aromatic carbocycles. The maximum Gasteiger partial charge on any atom is 0.143 e. The molecule has 0 radical (unpaired) electrons. The van der Waals surface area contributed by atoms with Gasteiger partial charge in [-0.2, -0.15) is 5.26 Å². The van der Waals surface area contributed by atoms with Crippen molar-refractivity contribution >= 4 is 0 Å². The van der Waals surface area contributed by atoms with Gasteiger partial charge in [-0.3, -0.25) is 0 Å². The zero-order valence-electron chi connectivity index (χ0n) is 9.26. The van der Waals surface area contributed by atoms with Gasteiger partial charge in [0, 0.05) is 6.04 Å². The number of hydrogen-bond donors (Lipinski definition) is 1. The lowest BCUT2D eigenvalue weighted by Crippen LogP contribution is -2.11. The lowest BCUT2D eigenvalue weighted by atomic mass is 10.1. The minimum absolute atomic E-state index is 0.00704. The van der Waals surface area contributed by atoms with Crippen molar-refractivity contribution in [2.75, 3.05) is 0 Å². The molecule has 0 aliphatic rings. The molecule has 0 unspecified atom stereocenters. The van der Waals surface area contributed by atoms with Crippen molar-refractivity contribution in [1.29, 1.82) is 5.26 Å². The molecular formula is C12H11FN4. The fourth-order valence-corrected chi connectivity index (χ4v) is 1.67. The lowest BCUT2D eigenvalue weighted by molar-refractivity contribution is 0.621. The van der Waals surface area contributed by atoms with Crippen molar-refractivity contribution in [2.45, 2.75) is 13.0 Å². The Kier molecular flexibility index (Phi) is 2.90. The number of rotatable bonds is 2. The molecule has 0 fully saturated rings. The average molecular weight is 230 g/mol. The van der Waals surface area contributed by atoms with E-state index in [0.717, 1.165) is 5.69 Å². The van der Waals surface area contributed by atoms with Crippen molar-refractivity contribution in [3.05, 3.63) is 47.8 Å². The number of nitrogens with zero attached hydrogens (tertiary/aromatic N) is 3. The number of hydrogen-bond acceptors (Lipinski definition) is 3. The van der Waals surface area contributed by atoms with Crippen molar-refractivity contribution in [3.8, 4) is 11.8 Å². The minimum Gasteiger partial charge on any atom is -0.323 e. The molecule has 5 heteroatoms. The maximum atomic E-state index is 13.5. The lowest BCUT2D eigenvalue weighted by Gasteiger charge is -2.12. The summed E-state index contributed by atoms with van der Waals surface area (Å²) in [4.78, 5) is 3.98. The van der Waals surface area contributed by atoms with Crippen LogP contribution in [0, 0.1) is 17.1 Å². The van der Waals surface area contributed by atoms with E-state index < -0.39 is 5.82 Å². The Bertz CT molecular complexity index is 580. The normalized spacial score (nSPS) is 12.1. The molecular weight excluding hydrogens is 219 g/mol. The van der Waals surface area contributed by atoms with E-state index in [1.54, 1.807) is 29.8 Å². The topological polar surface area (TPSA) is 67.6 Å². The molecule has 0 aliphatic carbocycles. The van der Waals surface area contributed by atoms with Crippen LogP contribution in [0.3, 0.4) is 0 Å². The third-order valence-corrected chi connectivity index (χ3v) is 2.50. The molecule has 4 nitrogen and oxygen atoms in total. The van der Waals surface area contributed by atoms with Crippen molar-refractivity contribution in [1.82, 2.24) is 9.55 Å². The molecule has 2 N–H and O–H groups in total. The van der Waals surface area contributed by atoms with Crippen LogP contribution >= 0.6 is 0 Å². The average Bonchev–Trinajstić information content (AvgIpc) is 2.77. The summed E-state index contributed by atoms with van der Waals surface area (Å²) in [5.74, 6) is -0.547. The standard InChI is InChI=1S/C12H11FN4/c1-8(15)12-6-16-7-17(12)11-4-2-3-10(13)9(11)5-14/h2-4,6-8H,15H2,1H3/t8-/m1/s1. The molecule has 1 aromatic heterocycles. The Morgan fingerprint density at radius 3 is 2.94 bits per heavy atom. The first-order valence-corrected chi connectivity index (χ1v) is 5.12. The molecule has 0 saturated heterocycles. The van der Waals surface area contributed by atoms with Gasteiger partial charge in [-0.25, -0.2) is 9.37 Å². The van der Waals surface area contributed by atoms with Crippen molar-refractivity contribution < 1.29 is 4.39 Å². The summed E-state index contributed by atoms with van der Waals surface area (Å²) >= 11 is 0. The van der Waals surface area contributed by atoms with Crippen LogP contribution in [0.2, 0.25) is 0 Å². The Labute approximate surface area is 98.1 Å². The van der Waals surface area contributed by atoms with E-state index in [2.05, 4.69) is 4.98 Å². The third kappa shape index (κ3) is 1.90. The van der Waals surface area contributed by atoms with Crippen LogP contribution in [-0.4, -0.2) is 9.55 Å². The van der Waals surface area contributed by atoms with Crippen molar-refractivity contribution in [2.24, 2.45) is 5.73 Å². The van der Waals surface area contributed by atoms with Crippen LogP contribution in [0.25, 0.3) is 5.69 Å². The van der Waals surface area contributed by atoms with Gasteiger partial charge < -0.3 is 10.3 Å². The summed E-state index contributed by atoms with van der Waals surface area (Å²) < 4.78 is 15.1. The molecule has 0 bridgehead atoms. The fraction of sp³-hybridized carbons (Fsp3) is 0.167. The van der Waals surface area contributed by atoms with Gasteiger partial charge in [-0.05, 0) is 19.1 Å². The first-order chi connectivity index (χ1) is 8.15. The second-order valence-electron chi connectivity index (χ2n) is 3.72. The monoisotopic (exact) mass is 230 g/mol. The van der Waals surface area contributed by atoms with E-state index in [0.29, 0.717) is 5.69 Å². The molecule has 86 valence electrons. The van der Waals surface area contributed by atoms with Gasteiger partial charge >= 0.3 is 0 Å². The van der Waals surface area contributed by atoms with Gasteiger partial charge in [0.25, 0.3) is 0 Å². The number of benzene rings is 1. The van der Waals surface area contributed by atoms with Gasteiger partial charge in [0.2, 0.25) is 0 Å². The summed E-state index contributed by atoms with van der Waals surface area (Å²) in [6.45, 7) is 1.80. The van der Waals surface area contributed by atoms with Crippen LogP contribution < -0.4 is 5.73 Å². The van der Waals surface area contributed by atoms with Gasteiger partial charge in [-0.1, -0.05) is 6.07 Å². The second-order valence-corrected chi connectivity index (χ2v) is 3.72. The number of aromatic nitrogens is 2. The highest BCUT2D eigenvalue weighted by atomic mass is 19.1. The molecule has 0 amide bonds. The Morgan fingerprint density at radius 2 is 2.29 bits per heavy atom.